The summed E-state index contributed by atoms with van der Waals surface area (Å²) in [7, 11) is 2.16. The lowest BCUT2D eigenvalue weighted by atomic mass is 9.86. The van der Waals surface area contributed by atoms with Crippen LogP contribution in [-0.4, -0.2) is 44.1 Å². The molecule has 4 nitrogen and oxygen atoms in total. The van der Waals surface area contributed by atoms with Crippen molar-refractivity contribution < 1.29 is 9.53 Å². The molecule has 1 saturated heterocycles. The van der Waals surface area contributed by atoms with E-state index in [9.17, 15) is 4.79 Å². The Morgan fingerprint density at radius 2 is 1.96 bits per heavy atom. The highest BCUT2D eigenvalue weighted by Gasteiger charge is 2.36. The Labute approximate surface area is 161 Å². The minimum atomic E-state index is 0.0520. The Balaban J connectivity index is 1.67. The van der Waals surface area contributed by atoms with Gasteiger partial charge in [0.15, 0.2) is 0 Å². The van der Waals surface area contributed by atoms with Crippen molar-refractivity contribution in [2.45, 2.75) is 19.8 Å². The van der Waals surface area contributed by atoms with Crippen LogP contribution < -0.4 is 10.1 Å². The molecule has 1 N–H and O–H groups in total. The molecule has 1 fully saturated rings. The van der Waals surface area contributed by atoms with Crippen molar-refractivity contribution in [2.24, 2.45) is 11.8 Å². The van der Waals surface area contributed by atoms with Crippen LogP contribution in [-0.2, 0) is 0 Å². The summed E-state index contributed by atoms with van der Waals surface area (Å²) >= 11 is 0. The highest BCUT2D eigenvalue weighted by Crippen LogP contribution is 2.37. The molecule has 0 aromatic heterocycles. The molecule has 4 heteroatoms. The monoisotopic (exact) mass is 364 g/mol. The van der Waals surface area contributed by atoms with E-state index < -0.39 is 0 Å². The van der Waals surface area contributed by atoms with Crippen molar-refractivity contribution in [1.82, 2.24) is 10.2 Å². The number of ether oxygens (including phenoxy) is 1. The number of benzene rings is 2. The molecule has 0 saturated carbocycles. The van der Waals surface area contributed by atoms with Crippen molar-refractivity contribution in [3.05, 3.63) is 53.6 Å². The summed E-state index contributed by atoms with van der Waals surface area (Å²) in [5, 5.41) is 3.13. The zero-order valence-electron chi connectivity index (χ0n) is 16.4. The highest BCUT2D eigenvalue weighted by molar-refractivity contribution is 5.97. The van der Waals surface area contributed by atoms with Gasteiger partial charge < -0.3 is 15.0 Å². The van der Waals surface area contributed by atoms with Gasteiger partial charge in [0.2, 0.25) is 0 Å². The Bertz CT molecular complexity index is 846. The predicted octanol–water partition coefficient (Wildman–Crippen LogP) is 3.78. The standard InChI is InChI=1S/C23H28N2O2/c1-15(2)14-27-19-6-4-5-16(9-19)17-7-8-20-21(10-17)23(26)24-11-18-12-25(3)13-22(18)20/h4-10,15,18,22H,11-14H2,1-3H3,(H,24,26)/t18-,22?/m0/s1. The molecule has 2 heterocycles. The third kappa shape index (κ3) is 3.72. The molecule has 2 aromatic rings. The molecule has 0 bridgehead atoms. The molecule has 0 aliphatic carbocycles. The van der Waals surface area contributed by atoms with Crippen LogP contribution in [0.15, 0.2) is 42.5 Å². The Hall–Kier alpha value is -2.33. The van der Waals surface area contributed by atoms with Gasteiger partial charge in [0.25, 0.3) is 5.91 Å². The SMILES string of the molecule is CC(C)COc1cccc(-c2ccc3c(c2)C(=O)NC[C@H]2CN(C)CC32)c1. The number of likely N-dealkylation sites (N-methyl/N-ethyl adjacent to an activating group) is 1. The number of fused-ring (bicyclic) bond motifs is 3. The molecule has 27 heavy (non-hydrogen) atoms. The van der Waals surface area contributed by atoms with E-state index in [1.54, 1.807) is 0 Å². The molecule has 0 spiro atoms. The number of nitrogens with zero attached hydrogens (tertiary/aromatic N) is 1. The number of likely N-dealkylation sites (tertiary alicyclic amines) is 1. The molecule has 4 rings (SSSR count). The van der Waals surface area contributed by atoms with Gasteiger partial charge in [0, 0.05) is 31.1 Å². The van der Waals surface area contributed by atoms with Gasteiger partial charge in [-0.2, -0.15) is 0 Å². The van der Waals surface area contributed by atoms with Gasteiger partial charge in [-0.15, -0.1) is 0 Å². The zero-order valence-corrected chi connectivity index (χ0v) is 16.4. The van der Waals surface area contributed by atoms with E-state index >= 15 is 0 Å². The van der Waals surface area contributed by atoms with Crippen LogP contribution in [0.4, 0.5) is 0 Å². The van der Waals surface area contributed by atoms with E-state index in [2.05, 4.69) is 55.4 Å². The molecular weight excluding hydrogens is 336 g/mol. The first-order valence-electron chi connectivity index (χ1n) is 9.85. The van der Waals surface area contributed by atoms with Crippen molar-refractivity contribution in [1.29, 1.82) is 0 Å². The van der Waals surface area contributed by atoms with E-state index in [1.165, 1.54) is 5.56 Å². The first-order valence-corrected chi connectivity index (χ1v) is 9.85. The average molecular weight is 364 g/mol. The second-order valence-corrected chi connectivity index (χ2v) is 8.33. The van der Waals surface area contributed by atoms with E-state index in [1.807, 2.05) is 18.2 Å². The number of carbonyl (C=O) groups excluding carboxylic acids is 1. The summed E-state index contributed by atoms with van der Waals surface area (Å²) in [4.78, 5) is 15.1. The van der Waals surface area contributed by atoms with E-state index in [0.29, 0.717) is 24.4 Å². The summed E-state index contributed by atoms with van der Waals surface area (Å²) in [6, 6.07) is 14.5. The Morgan fingerprint density at radius 3 is 2.78 bits per heavy atom. The van der Waals surface area contributed by atoms with Gasteiger partial charge in [-0.3, -0.25) is 4.79 Å². The van der Waals surface area contributed by atoms with Gasteiger partial charge in [0.1, 0.15) is 5.75 Å². The van der Waals surface area contributed by atoms with E-state index in [4.69, 9.17) is 4.74 Å². The van der Waals surface area contributed by atoms with Gasteiger partial charge in [-0.05, 0) is 53.8 Å². The van der Waals surface area contributed by atoms with Crippen molar-refractivity contribution >= 4 is 5.91 Å². The van der Waals surface area contributed by atoms with Crippen LogP contribution in [0.3, 0.4) is 0 Å². The van der Waals surface area contributed by atoms with Gasteiger partial charge in [0.05, 0.1) is 6.61 Å². The topological polar surface area (TPSA) is 41.6 Å². The maximum Gasteiger partial charge on any atom is 0.251 e. The lowest BCUT2D eigenvalue weighted by molar-refractivity contribution is 0.0951. The van der Waals surface area contributed by atoms with Crippen LogP contribution in [0, 0.1) is 11.8 Å². The van der Waals surface area contributed by atoms with Crippen molar-refractivity contribution in [3.8, 4) is 16.9 Å². The summed E-state index contributed by atoms with van der Waals surface area (Å²) < 4.78 is 5.87. The summed E-state index contributed by atoms with van der Waals surface area (Å²) in [5.74, 6) is 2.34. The Kier molecular flexibility index (Phi) is 4.92. The minimum Gasteiger partial charge on any atom is -0.493 e. The van der Waals surface area contributed by atoms with Crippen LogP contribution in [0.2, 0.25) is 0 Å². The lowest BCUT2D eigenvalue weighted by Crippen LogP contribution is -2.29. The maximum atomic E-state index is 12.7. The Morgan fingerprint density at radius 1 is 1.15 bits per heavy atom. The number of amides is 1. The van der Waals surface area contributed by atoms with Crippen LogP contribution in [0.25, 0.3) is 11.1 Å². The smallest absolute Gasteiger partial charge is 0.251 e. The van der Waals surface area contributed by atoms with Gasteiger partial charge in [-0.1, -0.05) is 38.1 Å². The molecule has 0 radical (unpaired) electrons. The number of rotatable bonds is 4. The van der Waals surface area contributed by atoms with Gasteiger partial charge >= 0.3 is 0 Å². The number of nitrogens with one attached hydrogen (secondary N) is 1. The molecular formula is C23H28N2O2. The number of hydrogen-bond donors (Lipinski definition) is 1. The highest BCUT2D eigenvalue weighted by atomic mass is 16.5. The fourth-order valence-electron chi connectivity index (χ4n) is 4.25. The molecule has 2 aromatic carbocycles. The predicted molar refractivity (Wildman–Crippen MR) is 108 cm³/mol. The summed E-state index contributed by atoms with van der Waals surface area (Å²) in [6.45, 7) is 7.81. The molecule has 2 atom stereocenters. The van der Waals surface area contributed by atoms with Crippen molar-refractivity contribution in [3.63, 3.8) is 0 Å². The molecule has 2 aliphatic heterocycles. The molecule has 2 aliphatic rings. The second kappa shape index (κ2) is 7.35. The fourth-order valence-corrected chi connectivity index (χ4v) is 4.25. The number of hydrogen-bond acceptors (Lipinski definition) is 3. The van der Waals surface area contributed by atoms with Crippen LogP contribution in [0.5, 0.6) is 5.75 Å². The van der Waals surface area contributed by atoms with Crippen LogP contribution in [0.1, 0.15) is 35.7 Å². The quantitative estimate of drug-likeness (QED) is 0.898. The molecule has 1 unspecified atom stereocenters. The normalized spacial score (nSPS) is 22.1. The van der Waals surface area contributed by atoms with Gasteiger partial charge in [-0.25, -0.2) is 0 Å². The third-order valence-corrected chi connectivity index (χ3v) is 5.60. The maximum absolute atomic E-state index is 12.7. The zero-order chi connectivity index (χ0) is 19.0. The van der Waals surface area contributed by atoms with E-state index in [0.717, 1.165) is 42.1 Å². The minimum absolute atomic E-state index is 0.0520. The first-order chi connectivity index (χ1) is 13.0. The van der Waals surface area contributed by atoms with Crippen molar-refractivity contribution in [2.75, 3.05) is 33.3 Å². The third-order valence-electron chi connectivity index (χ3n) is 5.60. The number of carbonyl (C=O) groups is 1. The van der Waals surface area contributed by atoms with Crippen LogP contribution >= 0.6 is 0 Å². The largest absolute Gasteiger partial charge is 0.493 e. The molecule has 1 amide bonds. The summed E-state index contributed by atoms with van der Waals surface area (Å²) in [6.07, 6.45) is 0. The van der Waals surface area contributed by atoms with E-state index in [-0.39, 0.29) is 5.91 Å². The first kappa shape index (κ1) is 18.1. The second-order valence-electron chi connectivity index (χ2n) is 8.33. The summed E-state index contributed by atoms with van der Waals surface area (Å²) in [5.41, 5.74) is 4.15. The lowest BCUT2D eigenvalue weighted by Gasteiger charge is -2.17. The average Bonchev–Trinajstić information content (AvgIpc) is 2.99. The molecule has 142 valence electrons. The fraction of sp³-hybridized carbons (Fsp3) is 0.435.